The molecule has 2 unspecified atom stereocenters. The first-order valence-corrected chi connectivity index (χ1v) is 13.7. The summed E-state index contributed by atoms with van der Waals surface area (Å²) in [6.07, 6.45) is 6.14. The fraction of sp³-hybridized carbons (Fsp3) is 0.517. The minimum Gasteiger partial charge on any atom is -0.506 e. The van der Waals surface area contributed by atoms with Gasteiger partial charge in [-0.05, 0) is 63.7 Å². The average Bonchev–Trinajstić information content (AvgIpc) is 3.55. The molecule has 7 rings (SSSR count). The van der Waals surface area contributed by atoms with Crippen molar-refractivity contribution >= 4 is 22.3 Å². The van der Waals surface area contributed by atoms with Crippen molar-refractivity contribution in [2.45, 2.75) is 50.7 Å². The summed E-state index contributed by atoms with van der Waals surface area (Å²) in [5.41, 5.74) is 3.09. The quantitative estimate of drug-likeness (QED) is 0.563. The third kappa shape index (κ3) is 4.92. The monoisotopic (exact) mass is 502 g/mol. The molecule has 5 heterocycles. The van der Waals surface area contributed by atoms with E-state index in [2.05, 4.69) is 39.2 Å². The molecule has 0 spiro atoms. The summed E-state index contributed by atoms with van der Waals surface area (Å²) in [5.74, 6) is 1.34. The van der Waals surface area contributed by atoms with E-state index in [0.29, 0.717) is 30.4 Å². The smallest absolute Gasteiger partial charge is 0.318 e. The van der Waals surface area contributed by atoms with Gasteiger partial charge < -0.3 is 29.9 Å². The van der Waals surface area contributed by atoms with Gasteiger partial charge >= 0.3 is 6.01 Å². The van der Waals surface area contributed by atoms with E-state index in [1.807, 2.05) is 18.2 Å². The topological polar surface area (TPSA) is 77.0 Å². The van der Waals surface area contributed by atoms with E-state index in [0.717, 1.165) is 54.0 Å². The Labute approximate surface area is 219 Å². The number of fused-ring (bicyclic) bond motifs is 4. The molecule has 37 heavy (non-hydrogen) atoms. The molecular weight excluding hydrogens is 464 g/mol. The summed E-state index contributed by atoms with van der Waals surface area (Å²) >= 11 is 0. The Hall–Kier alpha value is -3.10. The van der Waals surface area contributed by atoms with Crippen LogP contribution in [0.3, 0.4) is 0 Å². The molecule has 3 fully saturated rings. The van der Waals surface area contributed by atoms with Crippen LogP contribution in [-0.4, -0.2) is 78.9 Å². The predicted octanol–water partition coefficient (Wildman–Crippen LogP) is 3.56. The van der Waals surface area contributed by atoms with Crippen LogP contribution in [0.5, 0.6) is 11.8 Å². The Morgan fingerprint density at radius 2 is 1.70 bits per heavy atom. The molecule has 0 aliphatic carbocycles. The third-order valence-electron chi connectivity index (χ3n) is 8.25. The molecule has 2 N–H and O–H groups in total. The Morgan fingerprint density at radius 3 is 2.41 bits per heavy atom. The molecule has 8 nitrogen and oxygen atoms in total. The summed E-state index contributed by atoms with van der Waals surface area (Å²) in [5, 5.41) is 16.6. The van der Waals surface area contributed by atoms with Crippen LogP contribution in [0.25, 0.3) is 10.8 Å². The molecular formula is C29H38N6O2. The maximum Gasteiger partial charge on any atom is 0.318 e. The third-order valence-corrected chi connectivity index (χ3v) is 8.25. The lowest BCUT2D eigenvalue weighted by atomic mass is 10.0. The lowest BCUT2D eigenvalue weighted by molar-refractivity contribution is 0.374. The Morgan fingerprint density at radius 1 is 0.946 bits per heavy atom. The van der Waals surface area contributed by atoms with Gasteiger partial charge in [-0.3, -0.25) is 0 Å². The highest BCUT2D eigenvalue weighted by Crippen LogP contribution is 2.39. The summed E-state index contributed by atoms with van der Waals surface area (Å²) in [4.78, 5) is 16.5. The van der Waals surface area contributed by atoms with E-state index in [1.54, 1.807) is 13.2 Å². The minimum absolute atomic E-state index is 0.307. The first-order valence-electron chi connectivity index (χ1n) is 13.7. The van der Waals surface area contributed by atoms with Gasteiger partial charge in [0, 0.05) is 42.7 Å². The average molecular weight is 503 g/mol. The maximum absolute atomic E-state index is 10.7. The number of anilines is 2. The molecule has 8 heteroatoms. The van der Waals surface area contributed by atoms with Crippen molar-refractivity contribution in [3.05, 3.63) is 47.7 Å². The second kappa shape index (κ2) is 10.3. The van der Waals surface area contributed by atoms with E-state index in [1.165, 1.54) is 44.3 Å². The molecule has 1 aromatic heterocycles. The molecule has 196 valence electrons. The van der Waals surface area contributed by atoms with E-state index in [-0.39, 0.29) is 0 Å². The zero-order valence-corrected chi connectivity index (χ0v) is 22.0. The number of methoxy groups -OCH3 is 1. The second-order valence-electron chi connectivity index (χ2n) is 10.8. The maximum atomic E-state index is 10.7. The van der Waals surface area contributed by atoms with Crippen LogP contribution in [0.4, 0.5) is 11.5 Å². The van der Waals surface area contributed by atoms with Crippen molar-refractivity contribution in [1.82, 2.24) is 20.2 Å². The van der Waals surface area contributed by atoms with Crippen LogP contribution in [-0.2, 0) is 13.0 Å². The molecule has 0 radical (unpaired) electrons. The van der Waals surface area contributed by atoms with Crippen LogP contribution in [0, 0.1) is 0 Å². The Kier molecular flexibility index (Phi) is 6.78. The molecule has 2 bridgehead atoms. The number of nitrogens with one attached hydrogen (secondary N) is 1. The van der Waals surface area contributed by atoms with Gasteiger partial charge in [0.2, 0.25) is 0 Å². The molecule has 0 saturated carbocycles. The van der Waals surface area contributed by atoms with Crippen LogP contribution < -0.4 is 19.9 Å². The predicted molar refractivity (Wildman–Crippen MR) is 148 cm³/mol. The van der Waals surface area contributed by atoms with Gasteiger partial charge in [-0.1, -0.05) is 30.3 Å². The number of aromatic nitrogens is 2. The van der Waals surface area contributed by atoms with Gasteiger partial charge in [0.25, 0.3) is 0 Å². The zero-order valence-electron chi connectivity index (χ0n) is 22.0. The van der Waals surface area contributed by atoms with Crippen molar-refractivity contribution in [3.8, 4) is 11.8 Å². The van der Waals surface area contributed by atoms with Crippen molar-refractivity contribution in [2.24, 2.45) is 0 Å². The summed E-state index contributed by atoms with van der Waals surface area (Å²) in [7, 11) is 3.80. The molecule has 2 aromatic carbocycles. The number of benzene rings is 2. The largest absolute Gasteiger partial charge is 0.506 e. The highest BCUT2D eigenvalue weighted by Gasteiger charge is 2.35. The van der Waals surface area contributed by atoms with Crippen LogP contribution in [0.15, 0.2) is 36.4 Å². The van der Waals surface area contributed by atoms with Crippen LogP contribution in [0.2, 0.25) is 0 Å². The number of aromatic hydroxyl groups is 1. The highest BCUT2D eigenvalue weighted by atomic mass is 16.5. The number of nitrogens with zero attached hydrogens (tertiary/aromatic N) is 5. The number of piperazine rings is 1. The van der Waals surface area contributed by atoms with Crippen molar-refractivity contribution in [2.75, 3.05) is 56.7 Å². The van der Waals surface area contributed by atoms with Gasteiger partial charge in [-0.25, -0.2) is 0 Å². The normalized spacial score (nSPS) is 23.1. The number of rotatable bonds is 3. The van der Waals surface area contributed by atoms with Gasteiger partial charge in [0.15, 0.2) is 0 Å². The van der Waals surface area contributed by atoms with Gasteiger partial charge in [0.1, 0.15) is 11.6 Å². The highest BCUT2D eigenvalue weighted by molar-refractivity contribution is 5.97. The van der Waals surface area contributed by atoms with Crippen molar-refractivity contribution < 1.29 is 9.84 Å². The minimum atomic E-state index is 0.307. The Bertz CT molecular complexity index is 1250. The summed E-state index contributed by atoms with van der Waals surface area (Å²) in [6.45, 7) is 6.05. The summed E-state index contributed by atoms with van der Waals surface area (Å²) in [6, 6.07) is 13.5. The lowest BCUT2D eigenvalue weighted by Crippen LogP contribution is -2.52. The van der Waals surface area contributed by atoms with Crippen LogP contribution >= 0.6 is 0 Å². The van der Waals surface area contributed by atoms with Gasteiger partial charge in [0.05, 0.1) is 25.0 Å². The number of hydrogen-bond acceptors (Lipinski definition) is 8. The van der Waals surface area contributed by atoms with E-state index in [9.17, 15) is 5.11 Å². The Balaban J connectivity index is 0.000000372. The molecule has 0 amide bonds. The number of hydrogen-bond donors (Lipinski definition) is 2. The SMILES string of the molecule is CN1CCCC1.COc1nc2c(c(N3CC4CCC(C3)N4)n1)CCN(c1c(O)ccc3ccccc13)C2. The molecule has 4 aliphatic heterocycles. The van der Waals surface area contributed by atoms with Gasteiger partial charge in [-0.2, -0.15) is 9.97 Å². The standard InChI is InChI=1S/C24H27N5O2.C5H11N/c1-31-24-26-20-14-28(22-18-5-3-2-4-15(18)6-9-21(22)30)11-10-19(20)23(27-24)29-12-16-7-8-17(13-29)25-16;1-6-4-2-3-5-6/h2-6,9,16-17,25,30H,7-8,10-14H2,1H3;2-5H2,1H3. The van der Waals surface area contributed by atoms with E-state index in [4.69, 9.17) is 14.7 Å². The zero-order chi connectivity index (χ0) is 25.4. The lowest BCUT2D eigenvalue weighted by Gasteiger charge is -2.37. The van der Waals surface area contributed by atoms with Crippen molar-refractivity contribution in [3.63, 3.8) is 0 Å². The first-order chi connectivity index (χ1) is 18.1. The number of phenolic OH excluding ortho intramolecular Hbond substituents is 1. The van der Waals surface area contributed by atoms with Crippen LogP contribution in [0.1, 0.15) is 36.9 Å². The van der Waals surface area contributed by atoms with E-state index >= 15 is 0 Å². The summed E-state index contributed by atoms with van der Waals surface area (Å²) < 4.78 is 5.48. The fourth-order valence-corrected chi connectivity index (χ4v) is 6.35. The van der Waals surface area contributed by atoms with Crippen molar-refractivity contribution in [1.29, 1.82) is 0 Å². The molecule has 2 atom stereocenters. The van der Waals surface area contributed by atoms with E-state index < -0.39 is 0 Å². The second-order valence-corrected chi connectivity index (χ2v) is 10.8. The number of likely N-dealkylation sites (tertiary alicyclic amines) is 1. The molecule has 4 aliphatic rings. The number of phenols is 1. The molecule has 3 saturated heterocycles. The fourth-order valence-electron chi connectivity index (χ4n) is 6.35. The molecule has 3 aromatic rings. The van der Waals surface area contributed by atoms with Gasteiger partial charge in [-0.15, -0.1) is 0 Å². The number of ether oxygens (including phenoxy) is 1. The first kappa shape index (κ1) is 24.2.